The van der Waals surface area contributed by atoms with Crippen LogP contribution < -0.4 is 0 Å². The van der Waals surface area contributed by atoms with Gasteiger partial charge >= 0.3 is 0 Å². The Labute approximate surface area is 166 Å². The van der Waals surface area contributed by atoms with Crippen LogP contribution in [0.5, 0.6) is 0 Å². The molecule has 7 nitrogen and oxygen atoms in total. The highest BCUT2D eigenvalue weighted by molar-refractivity contribution is 9.09. The topological polar surface area (TPSA) is 103 Å². The molecule has 0 heterocycles. The molecule has 0 amide bonds. The lowest BCUT2D eigenvalue weighted by Crippen LogP contribution is -2.23. The number of nitrogens with zero attached hydrogens (tertiary/aromatic N) is 2. The molecule has 9 heteroatoms. The van der Waals surface area contributed by atoms with Gasteiger partial charge in [-0.05, 0) is 11.1 Å². The SMILES string of the molecule is O=C(C(CBr)c1ccc([N+](=O)[O-])cc1)C(CBr)c1ccc([N+](=O)[O-])cc1. The minimum Gasteiger partial charge on any atom is -0.298 e. The fourth-order valence-electron chi connectivity index (χ4n) is 2.56. The maximum absolute atomic E-state index is 13.0. The molecular weight excluding hydrogens is 472 g/mol. The summed E-state index contributed by atoms with van der Waals surface area (Å²) in [5.41, 5.74) is 1.26. The molecule has 0 aromatic heterocycles. The van der Waals surface area contributed by atoms with Crippen LogP contribution in [0.15, 0.2) is 48.5 Å². The second-order valence-electron chi connectivity index (χ2n) is 5.51. The Hall–Kier alpha value is -2.13. The molecule has 0 N–H and O–H groups in total. The third kappa shape index (κ3) is 4.53. The van der Waals surface area contributed by atoms with Crippen molar-refractivity contribution in [2.75, 3.05) is 10.7 Å². The van der Waals surface area contributed by atoms with Gasteiger partial charge in [-0.1, -0.05) is 56.1 Å². The first-order valence-corrected chi connectivity index (χ1v) is 9.77. The van der Waals surface area contributed by atoms with Crippen LogP contribution in [0.3, 0.4) is 0 Å². The molecule has 2 atom stereocenters. The Bertz CT molecular complexity index is 741. The van der Waals surface area contributed by atoms with E-state index in [0.29, 0.717) is 21.8 Å². The van der Waals surface area contributed by atoms with Crippen LogP contribution in [0.2, 0.25) is 0 Å². The number of nitro benzene ring substituents is 2. The van der Waals surface area contributed by atoms with E-state index in [9.17, 15) is 25.0 Å². The zero-order valence-electron chi connectivity index (χ0n) is 13.4. The summed E-state index contributed by atoms with van der Waals surface area (Å²) in [5.74, 6) is -1.07. The predicted octanol–water partition coefficient (Wildman–Crippen LogP) is 4.73. The Balaban J connectivity index is 2.29. The molecule has 0 saturated carbocycles. The zero-order chi connectivity index (χ0) is 19.3. The summed E-state index contributed by atoms with van der Waals surface area (Å²) >= 11 is 6.68. The van der Waals surface area contributed by atoms with E-state index in [2.05, 4.69) is 31.9 Å². The molecule has 2 aromatic rings. The van der Waals surface area contributed by atoms with E-state index in [-0.39, 0.29) is 17.2 Å². The molecule has 0 aliphatic rings. The summed E-state index contributed by atoms with van der Waals surface area (Å²) in [7, 11) is 0. The van der Waals surface area contributed by atoms with Crippen LogP contribution in [0, 0.1) is 20.2 Å². The molecule has 0 radical (unpaired) electrons. The lowest BCUT2D eigenvalue weighted by Gasteiger charge is -2.20. The smallest absolute Gasteiger partial charge is 0.269 e. The highest BCUT2D eigenvalue weighted by Crippen LogP contribution is 2.31. The standard InChI is InChI=1S/C17H14Br2N2O5/c18-9-15(11-1-5-13(6-2-11)20(23)24)17(22)16(10-19)12-3-7-14(8-4-12)21(25)26/h1-8,15-16H,9-10H2. The fourth-order valence-corrected chi connectivity index (χ4v) is 3.94. The van der Waals surface area contributed by atoms with E-state index in [0.717, 1.165) is 0 Å². The van der Waals surface area contributed by atoms with Gasteiger partial charge in [0.25, 0.3) is 11.4 Å². The van der Waals surface area contributed by atoms with Gasteiger partial charge in [0.05, 0.1) is 21.7 Å². The number of carbonyl (C=O) groups excluding carboxylic acids is 1. The fraction of sp³-hybridized carbons (Fsp3) is 0.235. The maximum atomic E-state index is 13.0. The van der Waals surface area contributed by atoms with Crippen molar-refractivity contribution in [2.45, 2.75) is 11.8 Å². The summed E-state index contributed by atoms with van der Waals surface area (Å²) in [5, 5.41) is 22.3. The normalized spacial score (nSPS) is 13.0. The van der Waals surface area contributed by atoms with Gasteiger partial charge in [0, 0.05) is 34.9 Å². The lowest BCUT2D eigenvalue weighted by atomic mass is 9.85. The molecule has 26 heavy (non-hydrogen) atoms. The van der Waals surface area contributed by atoms with E-state index in [1.807, 2.05) is 0 Å². The minimum absolute atomic E-state index is 0.0399. The van der Waals surface area contributed by atoms with Crippen molar-refractivity contribution in [3.63, 3.8) is 0 Å². The zero-order valence-corrected chi connectivity index (χ0v) is 16.6. The van der Waals surface area contributed by atoms with Crippen LogP contribution in [0.25, 0.3) is 0 Å². The van der Waals surface area contributed by atoms with Crippen molar-refractivity contribution in [2.24, 2.45) is 0 Å². The Morgan fingerprint density at radius 1 is 0.769 bits per heavy atom. The maximum Gasteiger partial charge on any atom is 0.269 e. The summed E-state index contributed by atoms with van der Waals surface area (Å²) in [4.78, 5) is 33.6. The molecular formula is C17H14Br2N2O5. The van der Waals surface area contributed by atoms with E-state index < -0.39 is 21.7 Å². The Morgan fingerprint density at radius 2 is 1.08 bits per heavy atom. The van der Waals surface area contributed by atoms with Crippen LogP contribution in [-0.2, 0) is 4.79 Å². The molecule has 0 aliphatic carbocycles. The predicted molar refractivity (Wildman–Crippen MR) is 104 cm³/mol. The van der Waals surface area contributed by atoms with Crippen molar-refractivity contribution < 1.29 is 14.6 Å². The summed E-state index contributed by atoms with van der Waals surface area (Å²) in [6, 6.07) is 11.8. The summed E-state index contributed by atoms with van der Waals surface area (Å²) < 4.78 is 0. The molecule has 0 bridgehead atoms. The van der Waals surface area contributed by atoms with Crippen molar-refractivity contribution in [3.05, 3.63) is 79.9 Å². The van der Waals surface area contributed by atoms with Gasteiger partial charge in [-0.3, -0.25) is 25.0 Å². The number of carbonyl (C=O) groups is 1. The summed E-state index contributed by atoms with van der Waals surface area (Å²) in [6.07, 6.45) is 0. The lowest BCUT2D eigenvalue weighted by molar-refractivity contribution is -0.385. The van der Waals surface area contributed by atoms with E-state index in [4.69, 9.17) is 0 Å². The minimum atomic E-state index is -0.493. The molecule has 2 unspecified atom stereocenters. The quantitative estimate of drug-likeness (QED) is 0.305. The molecule has 2 rings (SSSR count). The number of hydrogen-bond donors (Lipinski definition) is 0. The monoisotopic (exact) mass is 484 g/mol. The number of benzene rings is 2. The second kappa shape index (κ2) is 9.00. The number of rotatable bonds is 8. The van der Waals surface area contributed by atoms with Gasteiger partial charge in [-0.25, -0.2) is 0 Å². The number of halogens is 2. The Kier molecular flexibility index (Phi) is 6.98. The van der Waals surface area contributed by atoms with Crippen LogP contribution in [0.4, 0.5) is 11.4 Å². The number of Topliss-reactive ketones (excluding diaryl/α,β-unsaturated/α-hetero) is 1. The molecule has 0 fully saturated rings. The molecule has 2 aromatic carbocycles. The highest BCUT2D eigenvalue weighted by atomic mass is 79.9. The van der Waals surface area contributed by atoms with Gasteiger partial charge in [0.1, 0.15) is 5.78 Å². The first-order chi connectivity index (χ1) is 12.4. The van der Waals surface area contributed by atoms with Crippen LogP contribution >= 0.6 is 31.9 Å². The number of alkyl halides is 2. The Morgan fingerprint density at radius 3 is 1.31 bits per heavy atom. The van der Waals surface area contributed by atoms with Gasteiger partial charge in [-0.2, -0.15) is 0 Å². The van der Waals surface area contributed by atoms with Crippen molar-refractivity contribution in [3.8, 4) is 0 Å². The van der Waals surface area contributed by atoms with E-state index >= 15 is 0 Å². The van der Waals surface area contributed by atoms with Crippen molar-refractivity contribution in [1.29, 1.82) is 0 Å². The van der Waals surface area contributed by atoms with Crippen molar-refractivity contribution >= 4 is 49.0 Å². The van der Waals surface area contributed by atoms with Crippen LogP contribution in [-0.4, -0.2) is 26.3 Å². The highest BCUT2D eigenvalue weighted by Gasteiger charge is 2.28. The average Bonchev–Trinajstić information content (AvgIpc) is 2.64. The largest absolute Gasteiger partial charge is 0.298 e. The number of nitro groups is 2. The molecule has 0 saturated heterocycles. The molecule has 0 aliphatic heterocycles. The molecule has 0 spiro atoms. The van der Waals surface area contributed by atoms with E-state index in [1.165, 1.54) is 24.3 Å². The van der Waals surface area contributed by atoms with Crippen LogP contribution in [0.1, 0.15) is 23.0 Å². The van der Waals surface area contributed by atoms with E-state index in [1.54, 1.807) is 24.3 Å². The van der Waals surface area contributed by atoms with Crippen molar-refractivity contribution in [1.82, 2.24) is 0 Å². The van der Waals surface area contributed by atoms with Gasteiger partial charge < -0.3 is 0 Å². The van der Waals surface area contributed by atoms with Gasteiger partial charge in [0.2, 0.25) is 0 Å². The average molecular weight is 486 g/mol. The second-order valence-corrected chi connectivity index (χ2v) is 6.81. The number of non-ortho nitro benzene ring substituents is 2. The third-order valence-electron chi connectivity index (χ3n) is 4.01. The molecule has 136 valence electrons. The van der Waals surface area contributed by atoms with Gasteiger partial charge in [0.15, 0.2) is 0 Å². The number of hydrogen-bond acceptors (Lipinski definition) is 5. The third-order valence-corrected chi connectivity index (χ3v) is 5.30. The summed E-state index contributed by atoms with van der Waals surface area (Å²) in [6.45, 7) is 0. The van der Waals surface area contributed by atoms with Gasteiger partial charge in [-0.15, -0.1) is 0 Å². The first kappa shape index (κ1) is 20.2. The first-order valence-electron chi connectivity index (χ1n) is 7.53. The number of ketones is 1.